The summed E-state index contributed by atoms with van der Waals surface area (Å²) in [6, 6.07) is 17.5. The topological polar surface area (TPSA) is 65.6 Å². The fourth-order valence-corrected chi connectivity index (χ4v) is 2.43. The minimum atomic E-state index is -1.10. The second-order valence-electron chi connectivity index (χ2n) is 5.37. The lowest BCUT2D eigenvalue weighted by Gasteiger charge is -2.06. The third-order valence-electron chi connectivity index (χ3n) is 3.56. The van der Waals surface area contributed by atoms with Crippen LogP contribution in [0, 0.1) is 6.92 Å². The zero-order chi connectivity index (χ0) is 16.2. The van der Waals surface area contributed by atoms with Crippen molar-refractivity contribution < 1.29 is 14.3 Å². The second-order valence-corrected chi connectivity index (χ2v) is 5.37. The number of benzene rings is 2. The lowest BCUT2D eigenvalue weighted by molar-refractivity contribution is -0.305. The van der Waals surface area contributed by atoms with Crippen molar-refractivity contribution in [2.45, 2.75) is 13.3 Å². The molecule has 1 heterocycles. The van der Waals surface area contributed by atoms with Crippen LogP contribution in [0.5, 0.6) is 0 Å². The highest BCUT2D eigenvalue weighted by Crippen LogP contribution is 2.22. The maximum absolute atomic E-state index is 10.6. The van der Waals surface area contributed by atoms with Gasteiger partial charge in [-0.3, -0.25) is 4.99 Å². The molecule has 3 rings (SSSR count). The summed E-state index contributed by atoms with van der Waals surface area (Å²) < 4.78 is 5.98. The van der Waals surface area contributed by atoms with Crippen molar-refractivity contribution in [1.29, 1.82) is 0 Å². The quantitative estimate of drug-likeness (QED) is 0.743. The van der Waals surface area contributed by atoms with E-state index in [1.807, 2.05) is 61.5 Å². The van der Waals surface area contributed by atoms with E-state index in [9.17, 15) is 9.90 Å². The number of nitrogens with zero attached hydrogens (tertiary/aromatic N) is 1. The first-order valence-electron chi connectivity index (χ1n) is 7.44. The van der Waals surface area contributed by atoms with Gasteiger partial charge in [0.05, 0.1) is 5.36 Å². The standard InChI is InChI=1S/C19H17NO3/c1-13-7-8-17-15(11-13)16(20-10-9-19(21)22)12-18(23-17)14-5-3-2-4-6-14/h2-8,11-12H,9-10H2,1H3,(H,21,22)/p-1. The van der Waals surface area contributed by atoms with E-state index in [-0.39, 0.29) is 13.0 Å². The predicted octanol–water partition coefficient (Wildman–Crippen LogP) is 2.45. The summed E-state index contributed by atoms with van der Waals surface area (Å²) in [6.07, 6.45) is -0.0972. The van der Waals surface area contributed by atoms with Crippen molar-refractivity contribution in [3.8, 4) is 11.3 Å². The molecular weight excluding hydrogens is 290 g/mol. The highest BCUT2D eigenvalue weighted by atomic mass is 16.4. The molecule has 0 aliphatic carbocycles. The van der Waals surface area contributed by atoms with Crippen LogP contribution < -0.4 is 10.5 Å². The number of hydrogen-bond donors (Lipinski definition) is 0. The van der Waals surface area contributed by atoms with Gasteiger partial charge in [-0.15, -0.1) is 0 Å². The molecular formula is C19H16NO3-. The number of aryl methyl sites for hydroxylation is 1. The van der Waals surface area contributed by atoms with Gasteiger partial charge in [0.1, 0.15) is 11.3 Å². The number of aliphatic carboxylic acids is 1. The first-order chi connectivity index (χ1) is 11.1. The monoisotopic (exact) mass is 306 g/mol. The molecule has 1 aromatic heterocycles. The van der Waals surface area contributed by atoms with Gasteiger partial charge in [0, 0.05) is 36.0 Å². The van der Waals surface area contributed by atoms with Crippen LogP contribution >= 0.6 is 0 Å². The van der Waals surface area contributed by atoms with Crippen LogP contribution in [0.25, 0.3) is 22.3 Å². The molecule has 0 saturated heterocycles. The van der Waals surface area contributed by atoms with Crippen molar-refractivity contribution >= 4 is 16.9 Å². The van der Waals surface area contributed by atoms with Gasteiger partial charge >= 0.3 is 0 Å². The molecule has 4 nitrogen and oxygen atoms in total. The molecule has 0 bridgehead atoms. The van der Waals surface area contributed by atoms with E-state index in [2.05, 4.69) is 4.99 Å². The molecule has 116 valence electrons. The van der Waals surface area contributed by atoms with Crippen molar-refractivity contribution in [3.63, 3.8) is 0 Å². The number of rotatable bonds is 4. The Bertz CT molecular complexity index is 911. The van der Waals surface area contributed by atoms with Crippen molar-refractivity contribution in [3.05, 3.63) is 65.5 Å². The minimum Gasteiger partial charge on any atom is -0.550 e. The Kier molecular flexibility index (Phi) is 4.24. The Labute approximate surface area is 133 Å². The Morgan fingerprint density at radius 2 is 1.91 bits per heavy atom. The SMILES string of the molecule is Cc1ccc2oc(-c3ccccc3)cc(=NCCC(=O)[O-])c2c1. The number of carboxylic acid groups (broad SMARTS) is 1. The molecule has 0 atom stereocenters. The zero-order valence-electron chi connectivity index (χ0n) is 12.8. The molecule has 0 amide bonds. The molecule has 0 aliphatic rings. The van der Waals surface area contributed by atoms with Gasteiger partial charge in [-0.1, -0.05) is 42.0 Å². The summed E-state index contributed by atoms with van der Waals surface area (Å²) in [6.45, 7) is 2.18. The highest BCUT2D eigenvalue weighted by Gasteiger charge is 2.05. The van der Waals surface area contributed by atoms with E-state index in [1.165, 1.54) is 0 Å². The van der Waals surface area contributed by atoms with Crippen LogP contribution in [0.15, 0.2) is 64.0 Å². The van der Waals surface area contributed by atoms with Gasteiger partial charge in [0.2, 0.25) is 0 Å². The van der Waals surface area contributed by atoms with E-state index in [0.29, 0.717) is 5.76 Å². The Balaban J connectivity index is 2.18. The lowest BCUT2D eigenvalue weighted by atomic mass is 10.1. The van der Waals surface area contributed by atoms with Gasteiger partial charge < -0.3 is 14.3 Å². The fraction of sp³-hybridized carbons (Fsp3) is 0.158. The summed E-state index contributed by atoms with van der Waals surface area (Å²) in [5.41, 5.74) is 2.77. The third kappa shape index (κ3) is 3.48. The molecule has 0 radical (unpaired) electrons. The van der Waals surface area contributed by atoms with E-state index in [1.54, 1.807) is 0 Å². The number of carbonyl (C=O) groups is 1. The summed E-state index contributed by atoms with van der Waals surface area (Å²) in [4.78, 5) is 15.0. The van der Waals surface area contributed by atoms with E-state index >= 15 is 0 Å². The molecule has 0 fully saturated rings. The third-order valence-corrected chi connectivity index (χ3v) is 3.56. The Morgan fingerprint density at radius 3 is 2.65 bits per heavy atom. The average Bonchev–Trinajstić information content (AvgIpc) is 2.55. The Hall–Kier alpha value is -2.88. The summed E-state index contributed by atoms with van der Waals surface area (Å²) in [5, 5.41) is 12.2. The normalized spacial score (nSPS) is 11.8. The van der Waals surface area contributed by atoms with Crippen LogP contribution in [0.2, 0.25) is 0 Å². The van der Waals surface area contributed by atoms with E-state index < -0.39 is 5.97 Å². The molecule has 0 N–H and O–H groups in total. The van der Waals surface area contributed by atoms with Crippen LogP contribution in [-0.4, -0.2) is 12.5 Å². The van der Waals surface area contributed by atoms with Gasteiger partial charge in [-0.05, 0) is 19.1 Å². The number of hydrogen-bond acceptors (Lipinski definition) is 4. The number of carbonyl (C=O) groups excluding carboxylic acids is 1. The molecule has 4 heteroatoms. The second kappa shape index (κ2) is 6.48. The minimum absolute atomic E-state index is 0.0972. The maximum atomic E-state index is 10.6. The van der Waals surface area contributed by atoms with Gasteiger partial charge in [-0.2, -0.15) is 0 Å². The van der Waals surface area contributed by atoms with Crippen molar-refractivity contribution in [2.24, 2.45) is 4.99 Å². The summed E-state index contributed by atoms with van der Waals surface area (Å²) in [7, 11) is 0. The fourth-order valence-electron chi connectivity index (χ4n) is 2.43. The zero-order valence-corrected chi connectivity index (χ0v) is 12.8. The highest BCUT2D eigenvalue weighted by molar-refractivity contribution is 5.79. The van der Waals surface area contributed by atoms with E-state index in [0.717, 1.165) is 27.5 Å². The summed E-state index contributed by atoms with van der Waals surface area (Å²) >= 11 is 0. The molecule has 2 aromatic carbocycles. The molecule has 0 saturated carbocycles. The molecule has 3 aromatic rings. The predicted molar refractivity (Wildman–Crippen MR) is 86.4 cm³/mol. The largest absolute Gasteiger partial charge is 0.550 e. The lowest BCUT2D eigenvalue weighted by Crippen LogP contribution is -2.23. The van der Waals surface area contributed by atoms with Crippen LogP contribution in [-0.2, 0) is 4.79 Å². The van der Waals surface area contributed by atoms with Gasteiger partial charge in [0.15, 0.2) is 0 Å². The maximum Gasteiger partial charge on any atom is 0.136 e. The average molecular weight is 306 g/mol. The summed E-state index contributed by atoms with van der Waals surface area (Å²) in [5.74, 6) is -0.396. The number of carboxylic acids is 1. The molecule has 23 heavy (non-hydrogen) atoms. The van der Waals surface area contributed by atoms with Crippen molar-refractivity contribution in [1.82, 2.24) is 0 Å². The first kappa shape index (κ1) is 15.0. The molecule has 0 aliphatic heterocycles. The van der Waals surface area contributed by atoms with E-state index in [4.69, 9.17) is 4.42 Å². The van der Waals surface area contributed by atoms with Crippen molar-refractivity contribution in [2.75, 3.05) is 6.54 Å². The van der Waals surface area contributed by atoms with Crippen LogP contribution in [0.3, 0.4) is 0 Å². The smallest absolute Gasteiger partial charge is 0.136 e. The Morgan fingerprint density at radius 1 is 1.13 bits per heavy atom. The van der Waals surface area contributed by atoms with Gasteiger partial charge in [-0.25, -0.2) is 0 Å². The number of fused-ring (bicyclic) bond motifs is 1. The van der Waals surface area contributed by atoms with Gasteiger partial charge in [0.25, 0.3) is 0 Å². The first-order valence-corrected chi connectivity index (χ1v) is 7.44. The molecule has 0 spiro atoms. The molecule has 0 unspecified atom stereocenters. The van der Waals surface area contributed by atoms with Crippen LogP contribution in [0.4, 0.5) is 0 Å². The van der Waals surface area contributed by atoms with Crippen LogP contribution in [0.1, 0.15) is 12.0 Å².